The summed E-state index contributed by atoms with van der Waals surface area (Å²) in [7, 11) is 0. The number of hydrogen-bond donors (Lipinski definition) is 2. The predicted octanol–water partition coefficient (Wildman–Crippen LogP) is 2.05. The molecule has 0 aliphatic heterocycles. The molecule has 17 heavy (non-hydrogen) atoms. The molecule has 0 aromatic heterocycles. The van der Waals surface area contributed by atoms with E-state index in [1.807, 2.05) is 6.08 Å². The van der Waals surface area contributed by atoms with Crippen molar-refractivity contribution < 1.29 is 9.18 Å². The molecule has 0 fully saturated rings. The summed E-state index contributed by atoms with van der Waals surface area (Å²) in [4.78, 5) is 10.2. The van der Waals surface area contributed by atoms with Crippen LogP contribution in [0, 0.1) is 5.82 Å². The Morgan fingerprint density at radius 2 is 1.94 bits per heavy atom. The summed E-state index contributed by atoms with van der Waals surface area (Å²) in [6.45, 7) is 0. The highest BCUT2D eigenvalue weighted by atomic mass is 19.1. The Hall–Kier alpha value is -2.43. The van der Waals surface area contributed by atoms with Gasteiger partial charge in [0.2, 0.25) is 0 Å². The van der Waals surface area contributed by atoms with E-state index in [0.717, 1.165) is 5.56 Å². The molecule has 0 unspecified atom stereocenters. The van der Waals surface area contributed by atoms with E-state index in [0.29, 0.717) is 0 Å². The van der Waals surface area contributed by atoms with E-state index in [1.54, 1.807) is 30.4 Å². The first-order valence-electron chi connectivity index (χ1n) is 4.86. The number of hydrogen-bond acceptors (Lipinski definition) is 2. The predicted molar refractivity (Wildman–Crippen MR) is 65.8 cm³/mol. The molecule has 0 aliphatic rings. The third kappa shape index (κ3) is 5.88. The minimum Gasteiger partial charge on any atom is -0.350 e. The van der Waals surface area contributed by atoms with Crippen molar-refractivity contribution in [3.05, 3.63) is 53.9 Å². The van der Waals surface area contributed by atoms with Crippen LogP contribution in [0.3, 0.4) is 0 Å². The lowest BCUT2D eigenvalue weighted by atomic mass is 10.2. The molecule has 1 aromatic carbocycles. The number of primary amides is 1. The summed E-state index contributed by atoms with van der Waals surface area (Å²) in [6.07, 6.45) is 8.31. The molecule has 0 spiro atoms. The minimum absolute atomic E-state index is 0.262. The molecule has 1 aromatic rings. The maximum Gasteiger partial charge on any atom is 0.332 e. The van der Waals surface area contributed by atoms with Gasteiger partial charge < -0.3 is 5.73 Å². The van der Waals surface area contributed by atoms with Gasteiger partial charge in [-0.1, -0.05) is 30.4 Å². The average Bonchev–Trinajstić information content (AvgIpc) is 2.30. The van der Waals surface area contributed by atoms with Gasteiger partial charge in [0, 0.05) is 6.21 Å². The van der Waals surface area contributed by atoms with E-state index in [4.69, 9.17) is 5.73 Å². The van der Waals surface area contributed by atoms with Gasteiger partial charge in [-0.05, 0) is 23.8 Å². The van der Waals surface area contributed by atoms with Gasteiger partial charge in [0.05, 0.1) is 0 Å². The van der Waals surface area contributed by atoms with E-state index in [1.165, 1.54) is 18.3 Å². The van der Waals surface area contributed by atoms with Crippen molar-refractivity contribution in [2.24, 2.45) is 10.8 Å². The second-order valence-electron chi connectivity index (χ2n) is 3.05. The number of carbonyl (C=O) groups excluding carboxylic acids is 1. The summed E-state index contributed by atoms with van der Waals surface area (Å²) < 4.78 is 12.6. The number of urea groups is 1. The van der Waals surface area contributed by atoms with Crippen LogP contribution in [0.4, 0.5) is 9.18 Å². The number of halogens is 1. The molecular weight excluding hydrogens is 221 g/mol. The molecule has 0 heterocycles. The van der Waals surface area contributed by atoms with Gasteiger partial charge >= 0.3 is 6.03 Å². The fourth-order valence-electron chi connectivity index (χ4n) is 0.998. The topological polar surface area (TPSA) is 67.5 Å². The van der Waals surface area contributed by atoms with E-state index in [9.17, 15) is 9.18 Å². The molecule has 0 radical (unpaired) electrons. The molecule has 0 aliphatic carbocycles. The molecule has 0 saturated heterocycles. The second-order valence-corrected chi connectivity index (χ2v) is 3.05. The summed E-state index contributed by atoms with van der Waals surface area (Å²) in [5.74, 6) is -0.262. The van der Waals surface area contributed by atoms with E-state index < -0.39 is 6.03 Å². The molecule has 0 atom stereocenters. The van der Waals surface area contributed by atoms with E-state index >= 15 is 0 Å². The van der Waals surface area contributed by atoms with Crippen molar-refractivity contribution in [2.45, 2.75) is 0 Å². The lowest BCUT2D eigenvalue weighted by Gasteiger charge is -1.90. The van der Waals surface area contributed by atoms with E-state index in [-0.39, 0.29) is 5.82 Å². The molecule has 1 rings (SSSR count). The zero-order valence-electron chi connectivity index (χ0n) is 9.01. The number of rotatable bonds is 4. The molecule has 3 N–H and O–H groups in total. The van der Waals surface area contributed by atoms with Crippen molar-refractivity contribution in [2.75, 3.05) is 0 Å². The summed E-state index contributed by atoms with van der Waals surface area (Å²) in [5, 5.41) is 3.51. The number of nitrogens with two attached hydrogens (primary N) is 1. The Kier molecular flexibility index (Phi) is 5.16. The molecule has 0 bridgehead atoms. The monoisotopic (exact) mass is 233 g/mol. The number of hydrazone groups is 1. The third-order valence-electron chi connectivity index (χ3n) is 1.72. The first-order valence-corrected chi connectivity index (χ1v) is 4.86. The van der Waals surface area contributed by atoms with Gasteiger partial charge in [-0.15, -0.1) is 0 Å². The van der Waals surface area contributed by atoms with E-state index in [2.05, 4.69) is 10.5 Å². The van der Waals surface area contributed by atoms with Crippen molar-refractivity contribution in [3.8, 4) is 0 Å². The van der Waals surface area contributed by atoms with Gasteiger partial charge in [-0.3, -0.25) is 0 Å². The lowest BCUT2D eigenvalue weighted by Crippen LogP contribution is -2.24. The summed E-state index contributed by atoms with van der Waals surface area (Å²) in [6, 6.07) is 5.41. The smallest absolute Gasteiger partial charge is 0.332 e. The Morgan fingerprint density at radius 3 is 2.59 bits per heavy atom. The highest BCUT2D eigenvalue weighted by molar-refractivity contribution is 5.76. The van der Waals surface area contributed by atoms with Gasteiger partial charge in [-0.2, -0.15) is 5.10 Å². The molecule has 2 amide bonds. The maximum atomic E-state index is 12.6. The lowest BCUT2D eigenvalue weighted by molar-refractivity contribution is 0.249. The van der Waals surface area contributed by atoms with Gasteiger partial charge in [-0.25, -0.2) is 14.6 Å². The standard InChI is InChI=1S/C12H12FN3O/c13-11-7-5-10(6-8-11)4-2-1-3-9-15-16-12(14)17/h1-9H,(H3,14,16,17)/b3-1+,4-2+,15-9+. The van der Waals surface area contributed by atoms with Crippen molar-refractivity contribution in [1.29, 1.82) is 0 Å². The van der Waals surface area contributed by atoms with Crippen LogP contribution in [0.1, 0.15) is 5.56 Å². The van der Waals surface area contributed by atoms with Gasteiger partial charge in [0.1, 0.15) is 5.82 Å². The highest BCUT2D eigenvalue weighted by Crippen LogP contribution is 2.04. The summed E-state index contributed by atoms with van der Waals surface area (Å²) in [5.41, 5.74) is 7.73. The molecule has 88 valence electrons. The second kappa shape index (κ2) is 6.95. The third-order valence-corrected chi connectivity index (χ3v) is 1.72. The summed E-state index contributed by atoms with van der Waals surface area (Å²) >= 11 is 0. The number of allylic oxidation sites excluding steroid dienone is 3. The molecule has 0 saturated carbocycles. The molecular formula is C12H12FN3O. The Bertz CT molecular complexity index is 449. The normalized spacial score (nSPS) is 11.6. The Morgan fingerprint density at radius 1 is 1.24 bits per heavy atom. The van der Waals surface area contributed by atoms with Crippen LogP contribution in [-0.2, 0) is 0 Å². The van der Waals surface area contributed by atoms with Crippen LogP contribution in [0.15, 0.2) is 47.6 Å². The largest absolute Gasteiger partial charge is 0.350 e. The van der Waals surface area contributed by atoms with Crippen LogP contribution in [0.2, 0.25) is 0 Å². The fourth-order valence-corrected chi connectivity index (χ4v) is 0.998. The number of carbonyl (C=O) groups is 1. The first kappa shape index (κ1) is 12.6. The zero-order chi connectivity index (χ0) is 12.5. The molecule has 4 nitrogen and oxygen atoms in total. The fraction of sp³-hybridized carbons (Fsp3) is 0. The number of nitrogens with zero attached hydrogens (tertiary/aromatic N) is 1. The van der Waals surface area contributed by atoms with Gasteiger partial charge in [0.25, 0.3) is 0 Å². The van der Waals surface area contributed by atoms with Gasteiger partial charge in [0.15, 0.2) is 0 Å². The number of nitrogens with one attached hydrogen (secondary N) is 1. The quantitative estimate of drug-likeness (QED) is 0.466. The van der Waals surface area contributed by atoms with Crippen molar-refractivity contribution in [1.82, 2.24) is 5.43 Å². The highest BCUT2D eigenvalue weighted by Gasteiger charge is 1.87. The number of amides is 2. The zero-order valence-corrected chi connectivity index (χ0v) is 9.01. The average molecular weight is 233 g/mol. The maximum absolute atomic E-state index is 12.6. The van der Waals surface area contributed by atoms with Crippen LogP contribution < -0.4 is 11.2 Å². The van der Waals surface area contributed by atoms with Crippen LogP contribution in [0.25, 0.3) is 6.08 Å². The SMILES string of the molecule is NC(=O)N/N=C/C=C/C=C/c1ccc(F)cc1. The van der Waals surface area contributed by atoms with Crippen LogP contribution in [0.5, 0.6) is 0 Å². The molecule has 5 heteroatoms. The number of benzene rings is 1. The minimum atomic E-state index is -0.712. The van der Waals surface area contributed by atoms with Crippen molar-refractivity contribution in [3.63, 3.8) is 0 Å². The Labute approximate surface area is 98.3 Å². The van der Waals surface area contributed by atoms with Crippen LogP contribution in [-0.4, -0.2) is 12.2 Å². The van der Waals surface area contributed by atoms with Crippen molar-refractivity contribution >= 4 is 18.3 Å². The Balaban J connectivity index is 2.39. The first-order chi connectivity index (χ1) is 8.18. The van der Waals surface area contributed by atoms with Crippen LogP contribution >= 0.6 is 0 Å².